The highest BCUT2D eigenvalue weighted by Gasteiger charge is 2.35. The highest BCUT2D eigenvalue weighted by molar-refractivity contribution is 7.54. The zero-order chi connectivity index (χ0) is 23.4. The number of hydrogen-bond acceptors (Lipinski definition) is 6. The van der Waals surface area contributed by atoms with Gasteiger partial charge in [0, 0.05) is 6.42 Å². The van der Waals surface area contributed by atoms with Crippen LogP contribution < -0.4 is 10.6 Å². The lowest BCUT2D eigenvalue weighted by molar-refractivity contribution is -0.123. The third-order valence-corrected chi connectivity index (χ3v) is 6.86. The first kappa shape index (κ1) is 25.6. The van der Waals surface area contributed by atoms with Crippen LogP contribution in [0.1, 0.15) is 31.9 Å². The van der Waals surface area contributed by atoms with Gasteiger partial charge in [-0.1, -0.05) is 60.7 Å². The highest BCUT2D eigenvalue weighted by atomic mass is 31.2. The lowest BCUT2D eigenvalue weighted by Crippen LogP contribution is -2.50. The van der Waals surface area contributed by atoms with Crippen LogP contribution in [-0.2, 0) is 36.2 Å². The Bertz CT molecular complexity index is 884. The van der Waals surface area contributed by atoms with Crippen LogP contribution in [0.5, 0.6) is 0 Å². The highest BCUT2D eigenvalue weighted by Crippen LogP contribution is 2.51. The molecule has 0 saturated carbocycles. The summed E-state index contributed by atoms with van der Waals surface area (Å²) in [6.45, 7) is 5.37. The van der Waals surface area contributed by atoms with E-state index < -0.39 is 31.4 Å². The third kappa shape index (κ3) is 8.11. The molecule has 2 atom stereocenters. The molecule has 174 valence electrons. The molecule has 0 saturated heterocycles. The number of carbonyl (C=O) groups excluding carboxylic acids is 2. The molecule has 0 aliphatic heterocycles. The number of hydrogen-bond donors (Lipinski definition) is 2. The first-order chi connectivity index (χ1) is 15.4. The summed E-state index contributed by atoms with van der Waals surface area (Å²) in [5.74, 6) is -1.41. The number of nitrogens with one attached hydrogen (secondary N) is 2. The van der Waals surface area contributed by atoms with E-state index in [0.29, 0.717) is 0 Å². The fourth-order valence-corrected chi connectivity index (χ4v) is 4.50. The van der Waals surface area contributed by atoms with Crippen LogP contribution in [-0.4, -0.2) is 37.0 Å². The maximum Gasteiger partial charge on any atom is 0.408 e. The van der Waals surface area contributed by atoms with Gasteiger partial charge >= 0.3 is 13.7 Å². The van der Waals surface area contributed by atoms with E-state index in [2.05, 4.69) is 10.6 Å². The molecule has 2 N–H and O–H groups in total. The third-order valence-electron chi connectivity index (χ3n) is 4.55. The predicted octanol–water partition coefficient (Wildman–Crippen LogP) is 4.25. The van der Waals surface area contributed by atoms with Crippen LogP contribution in [0.4, 0.5) is 4.79 Å². The number of amides is 2. The lowest BCUT2D eigenvalue weighted by Gasteiger charge is -2.26. The molecule has 9 heteroatoms. The molecular weight excluding hydrogens is 431 g/mol. The van der Waals surface area contributed by atoms with E-state index in [1.54, 1.807) is 20.8 Å². The smallest absolute Gasteiger partial charge is 0.408 e. The van der Waals surface area contributed by atoms with Crippen LogP contribution in [0.15, 0.2) is 60.7 Å². The van der Waals surface area contributed by atoms with Crippen LogP contribution in [0, 0.1) is 0 Å². The summed E-state index contributed by atoms with van der Waals surface area (Å²) >= 11 is 0. The molecule has 0 heterocycles. The van der Waals surface area contributed by atoms with Gasteiger partial charge in [0.2, 0.25) is 5.91 Å². The fourth-order valence-electron chi connectivity index (χ4n) is 2.97. The number of rotatable bonds is 12. The van der Waals surface area contributed by atoms with Gasteiger partial charge in [-0.2, -0.15) is 0 Å². The largest absolute Gasteiger partial charge is 0.445 e. The normalized spacial score (nSPS) is 13.1. The Morgan fingerprint density at radius 1 is 0.875 bits per heavy atom. The molecule has 2 aromatic carbocycles. The first-order valence-corrected chi connectivity index (χ1v) is 12.2. The molecule has 2 amide bonds. The standard InChI is InChI=1S/C23H31N2O6P/c1-4-30-32(28,31-5-2)18(3)24-22(26)21(16-19-12-8-6-9-13-19)25-23(27)29-17-20-14-10-7-11-15-20/h6-15,18,21H,4-5,16-17H2,1-3H3,(H,24,26)(H,25,27)/t18?,21-/m0/s1. The van der Waals surface area contributed by atoms with Gasteiger partial charge in [0.1, 0.15) is 18.4 Å². The molecule has 0 bridgehead atoms. The number of alkyl carbamates (subject to hydrolysis) is 1. The quantitative estimate of drug-likeness (QED) is 0.457. The Labute approximate surface area is 189 Å². The second kappa shape index (κ2) is 13.0. The molecule has 2 aromatic rings. The Morgan fingerprint density at radius 2 is 1.41 bits per heavy atom. The summed E-state index contributed by atoms with van der Waals surface area (Å²) in [4.78, 5) is 25.4. The first-order valence-electron chi connectivity index (χ1n) is 10.6. The molecule has 0 aliphatic carbocycles. The van der Waals surface area contributed by atoms with Crippen molar-refractivity contribution in [2.24, 2.45) is 0 Å². The molecule has 32 heavy (non-hydrogen) atoms. The Balaban J connectivity index is 2.08. The van der Waals surface area contributed by atoms with E-state index in [1.807, 2.05) is 60.7 Å². The molecule has 8 nitrogen and oxygen atoms in total. The minimum absolute atomic E-state index is 0.0760. The van der Waals surface area contributed by atoms with Gasteiger partial charge in [-0.05, 0) is 31.9 Å². The van der Waals surface area contributed by atoms with Crippen molar-refractivity contribution in [3.05, 3.63) is 71.8 Å². The van der Waals surface area contributed by atoms with Gasteiger partial charge in [0.25, 0.3) is 0 Å². The van der Waals surface area contributed by atoms with Gasteiger partial charge in [0.05, 0.1) is 13.2 Å². The van der Waals surface area contributed by atoms with E-state index in [0.717, 1.165) is 11.1 Å². The van der Waals surface area contributed by atoms with E-state index in [9.17, 15) is 14.2 Å². The van der Waals surface area contributed by atoms with Crippen molar-refractivity contribution in [3.63, 3.8) is 0 Å². The summed E-state index contributed by atoms with van der Waals surface area (Å²) in [5, 5.41) is 5.28. The van der Waals surface area contributed by atoms with Crippen molar-refractivity contribution >= 4 is 19.6 Å². The summed E-state index contributed by atoms with van der Waals surface area (Å²) in [6.07, 6.45) is -0.497. The molecule has 0 aliphatic rings. The van der Waals surface area contributed by atoms with Crippen molar-refractivity contribution in [3.8, 4) is 0 Å². The molecule has 2 rings (SSSR count). The van der Waals surface area contributed by atoms with Crippen LogP contribution >= 0.6 is 7.60 Å². The molecule has 0 spiro atoms. The SMILES string of the molecule is CCOP(=O)(OCC)C(C)NC(=O)[C@H](Cc1ccccc1)NC(=O)OCc1ccccc1. The summed E-state index contributed by atoms with van der Waals surface area (Å²) < 4.78 is 28.8. The predicted molar refractivity (Wildman–Crippen MR) is 122 cm³/mol. The molecular formula is C23H31N2O6P. The van der Waals surface area contributed by atoms with E-state index in [4.69, 9.17) is 13.8 Å². The number of benzene rings is 2. The van der Waals surface area contributed by atoms with Gasteiger partial charge < -0.3 is 24.4 Å². The zero-order valence-electron chi connectivity index (χ0n) is 18.7. The molecule has 1 unspecified atom stereocenters. The monoisotopic (exact) mass is 462 g/mol. The van der Waals surface area contributed by atoms with Crippen molar-refractivity contribution in [2.45, 2.75) is 45.6 Å². The second-order valence-corrected chi connectivity index (χ2v) is 9.38. The average molecular weight is 462 g/mol. The fraction of sp³-hybridized carbons (Fsp3) is 0.391. The van der Waals surface area contributed by atoms with E-state index >= 15 is 0 Å². The van der Waals surface area contributed by atoms with Crippen molar-refractivity contribution in [1.29, 1.82) is 0 Å². The number of carbonyl (C=O) groups is 2. The summed E-state index contributed by atoms with van der Waals surface area (Å²) in [6, 6.07) is 17.5. The lowest BCUT2D eigenvalue weighted by atomic mass is 10.1. The molecule has 0 fully saturated rings. The Hall–Kier alpha value is -2.67. The molecule has 0 aromatic heterocycles. The van der Waals surface area contributed by atoms with E-state index in [1.165, 1.54) is 0 Å². The van der Waals surface area contributed by atoms with Gasteiger partial charge in [0.15, 0.2) is 0 Å². The van der Waals surface area contributed by atoms with Gasteiger partial charge in [-0.15, -0.1) is 0 Å². The molecule has 0 radical (unpaired) electrons. The maximum atomic E-state index is 13.0. The Kier molecular flexibility index (Phi) is 10.4. The Morgan fingerprint density at radius 3 is 1.94 bits per heavy atom. The van der Waals surface area contributed by atoms with E-state index in [-0.39, 0.29) is 26.2 Å². The average Bonchev–Trinajstić information content (AvgIpc) is 2.79. The maximum absolute atomic E-state index is 13.0. The second-order valence-electron chi connectivity index (χ2n) is 7.01. The number of ether oxygens (including phenoxy) is 1. The van der Waals surface area contributed by atoms with Crippen molar-refractivity contribution < 1.29 is 27.9 Å². The topological polar surface area (TPSA) is 103 Å². The van der Waals surface area contributed by atoms with Crippen LogP contribution in [0.25, 0.3) is 0 Å². The van der Waals surface area contributed by atoms with Crippen molar-refractivity contribution in [1.82, 2.24) is 10.6 Å². The minimum atomic E-state index is -3.55. The summed E-state index contributed by atoms with van der Waals surface area (Å²) in [5.41, 5.74) is 1.68. The summed E-state index contributed by atoms with van der Waals surface area (Å²) in [7, 11) is -3.55. The zero-order valence-corrected chi connectivity index (χ0v) is 19.5. The minimum Gasteiger partial charge on any atom is -0.445 e. The van der Waals surface area contributed by atoms with Gasteiger partial charge in [-0.3, -0.25) is 9.36 Å². The van der Waals surface area contributed by atoms with Crippen LogP contribution in [0.3, 0.4) is 0 Å². The van der Waals surface area contributed by atoms with Gasteiger partial charge in [-0.25, -0.2) is 4.79 Å². The van der Waals surface area contributed by atoms with Crippen molar-refractivity contribution in [2.75, 3.05) is 13.2 Å². The van der Waals surface area contributed by atoms with Crippen LogP contribution in [0.2, 0.25) is 0 Å².